The quantitative estimate of drug-likeness (QED) is 0.413. The van der Waals surface area contributed by atoms with Crippen LogP contribution in [0.2, 0.25) is 0 Å². The Bertz CT molecular complexity index is 390. The molecule has 2 heterocycles. The highest BCUT2D eigenvalue weighted by molar-refractivity contribution is 6.02. The first-order chi connectivity index (χ1) is 10.6. The van der Waals surface area contributed by atoms with Gasteiger partial charge < -0.3 is 9.47 Å². The van der Waals surface area contributed by atoms with E-state index in [1.807, 2.05) is 0 Å². The first-order valence-electron chi connectivity index (χ1n) is 7.41. The number of ether oxygens (including phenoxy) is 2. The van der Waals surface area contributed by atoms with E-state index in [-0.39, 0.29) is 75.6 Å². The van der Waals surface area contributed by atoms with E-state index in [9.17, 15) is 19.2 Å². The highest BCUT2D eigenvalue weighted by Gasteiger charge is 2.28. The molecule has 4 amide bonds. The van der Waals surface area contributed by atoms with Crippen molar-refractivity contribution in [2.45, 2.75) is 25.7 Å². The van der Waals surface area contributed by atoms with Crippen molar-refractivity contribution in [2.24, 2.45) is 0 Å². The molecule has 0 radical (unpaired) electrons. The average Bonchev–Trinajstić information content (AvgIpc) is 2.98. The minimum Gasteiger partial charge on any atom is -0.377 e. The van der Waals surface area contributed by atoms with Gasteiger partial charge in [0.1, 0.15) is 0 Å². The normalized spacial score (nSPS) is 18.9. The van der Waals surface area contributed by atoms with Crippen LogP contribution < -0.4 is 0 Å². The highest BCUT2D eigenvalue weighted by Crippen LogP contribution is 2.11. The zero-order valence-electron chi connectivity index (χ0n) is 12.4. The van der Waals surface area contributed by atoms with Gasteiger partial charge in [-0.3, -0.25) is 29.0 Å². The monoisotopic (exact) mass is 312 g/mol. The standard InChI is InChI=1S/C14H20N2O6/c17-11-1-2-12(18)15(11)5-7-21-9-10-22-8-6-16-13(19)3-4-14(16)20/h1-10H2. The van der Waals surface area contributed by atoms with Crippen molar-refractivity contribution in [3.8, 4) is 0 Å². The predicted octanol–water partition coefficient (Wildman–Crippen LogP) is -0.682. The summed E-state index contributed by atoms with van der Waals surface area (Å²) in [5.41, 5.74) is 0. The molecular formula is C14H20N2O6. The second-order valence-electron chi connectivity index (χ2n) is 5.10. The molecule has 8 nitrogen and oxygen atoms in total. The lowest BCUT2D eigenvalue weighted by Gasteiger charge is -2.14. The number of hydrogen-bond acceptors (Lipinski definition) is 6. The number of amides is 4. The number of likely N-dealkylation sites (tertiary alicyclic amines) is 2. The zero-order chi connectivity index (χ0) is 15.9. The van der Waals surface area contributed by atoms with Gasteiger partial charge >= 0.3 is 0 Å². The SMILES string of the molecule is O=C1CCC(=O)N1CCOCCOCCN1C(=O)CCC1=O. The molecule has 0 unspecified atom stereocenters. The maximum Gasteiger partial charge on any atom is 0.229 e. The Morgan fingerprint density at radius 2 is 0.909 bits per heavy atom. The molecule has 2 saturated heterocycles. The van der Waals surface area contributed by atoms with E-state index in [0.717, 1.165) is 0 Å². The molecule has 0 N–H and O–H groups in total. The van der Waals surface area contributed by atoms with Crippen LogP contribution in [0.1, 0.15) is 25.7 Å². The van der Waals surface area contributed by atoms with Crippen molar-refractivity contribution in [3.63, 3.8) is 0 Å². The molecule has 0 bridgehead atoms. The molecule has 2 fully saturated rings. The third-order valence-electron chi connectivity index (χ3n) is 3.60. The van der Waals surface area contributed by atoms with E-state index in [1.54, 1.807) is 0 Å². The molecule has 0 aliphatic carbocycles. The Hall–Kier alpha value is -1.80. The van der Waals surface area contributed by atoms with Crippen molar-refractivity contribution >= 4 is 23.6 Å². The van der Waals surface area contributed by atoms with Crippen LogP contribution in [-0.4, -0.2) is 72.9 Å². The van der Waals surface area contributed by atoms with Gasteiger partial charge in [0.2, 0.25) is 23.6 Å². The molecule has 0 spiro atoms. The summed E-state index contributed by atoms with van der Waals surface area (Å²) in [7, 11) is 0. The smallest absolute Gasteiger partial charge is 0.229 e. The van der Waals surface area contributed by atoms with Crippen molar-refractivity contribution in [2.75, 3.05) is 39.5 Å². The van der Waals surface area contributed by atoms with Crippen LogP contribution in [-0.2, 0) is 28.7 Å². The van der Waals surface area contributed by atoms with Gasteiger partial charge in [0.15, 0.2) is 0 Å². The Kier molecular flexibility index (Phi) is 6.02. The Morgan fingerprint density at radius 1 is 0.591 bits per heavy atom. The molecule has 22 heavy (non-hydrogen) atoms. The minimum atomic E-state index is -0.148. The summed E-state index contributed by atoms with van der Waals surface area (Å²) in [6.07, 6.45) is 1.15. The summed E-state index contributed by atoms with van der Waals surface area (Å²) in [5.74, 6) is -0.593. The summed E-state index contributed by atoms with van der Waals surface area (Å²) in [6, 6.07) is 0. The fourth-order valence-corrected chi connectivity index (χ4v) is 2.38. The second-order valence-corrected chi connectivity index (χ2v) is 5.10. The molecule has 0 aromatic rings. The summed E-state index contributed by atoms with van der Waals surface area (Å²) in [6.45, 7) is 1.77. The second kappa shape index (κ2) is 8.00. The van der Waals surface area contributed by atoms with Crippen LogP contribution in [0.5, 0.6) is 0 Å². The molecule has 2 aliphatic heterocycles. The molecule has 0 aromatic carbocycles. The van der Waals surface area contributed by atoms with Crippen LogP contribution in [0.25, 0.3) is 0 Å². The van der Waals surface area contributed by atoms with Gasteiger partial charge in [0.05, 0.1) is 39.5 Å². The van der Waals surface area contributed by atoms with E-state index in [1.165, 1.54) is 9.80 Å². The number of rotatable bonds is 9. The number of hydrogen-bond donors (Lipinski definition) is 0. The summed E-state index contributed by atoms with van der Waals surface area (Å²) in [5, 5.41) is 0. The van der Waals surface area contributed by atoms with E-state index in [2.05, 4.69) is 0 Å². The van der Waals surface area contributed by atoms with Crippen LogP contribution in [0, 0.1) is 0 Å². The molecule has 0 atom stereocenters. The third-order valence-corrected chi connectivity index (χ3v) is 3.60. The first-order valence-corrected chi connectivity index (χ1v) is 7.41. The Labute approximate surface area is 128 Å². The molecule has 122 valence electrons. The molecule has 2 rings (SSSR count). The summed E-state index contributed by atoms with van der Waals surface area (Å²) >= 11 is 0. The minimum absolute atomic E-state index is 0.148. The van der Waals surface area contributed by atoms with Crippen LogP contribution in [0.4, 0.5) is 0 Å². The zero-order valence-corrected chi connectivity index (χ0v) is 12.4. The third kappa shape index (κ3) is 4.35. The van der Waals surface area contributed by atoms with Gasteiger partial charge in [-0.1, -0.05) is 0 Å². The van der Waals surface area contributed by atoms with E-state index in [4.69, 9.17) is 9.47 Å². The highest BCUT2D eigenvalue weighted by atomic mass is 16.5. The van der Waals surface area contributed by atoms with Crippen molar-refractivity contribution in [1.82, 2.24) is 9.80 Å². The fraction of sp³-hybridized carbons (Fsp3) is 0.714. The van der Waals surface area contributed by atoms with Gasteiger partial charge in [-0.15, -0.1) is 0 Å². The van der Waals surface area contributed by atoms with Gasteiger partial charge in [-0.25, -0.2) is 0 Å². The van der Waals surface area contributed by atoms with Gasteiger partial charge in [-0.05, 0) is 0 Å². The number of nitrogens with zero attached hydrogens (tertiary/aromatic N) is 2. The molecule has 0 saturated carbocycles. The fourth-order valence-electron chi connectivity index (χ4n) is 2.38. The predicted molar refractivity (Wildman–Crippen MR) is 73.5 cm³/mol. The first kappa shape index (κ1) is 16.6. The number of carbonyl (C=O) groups excluding carboxylic acids is 4. The lowest BCUT2D eigenvalue weighted by atomic mass is 10.4. The topological polar surface area (TPSA) is 93.2 Å². The van der Waals surface area contributed by atoms with Crippen molar-refractivity contribution in [3.05, 3.63) is 0 Å². The van der Waals surface area contributed by atoms with Crippen LogP contribution in [0.3, 0.4) is 0 Å². The number of carbonyl (C=O) groups is 4. The number of imide groups is 2. The maximum absolute atomic E-state index is 11.3. The van der Waals surface area contributed by atoms with Gasteiger partial charge in [0, 0.05) is 25.7 Å². The largest absolute Gasteiger partial charge is 0.377 e. The lowest BCUT2D eigenvalue weighted by Crippen LogP contribution is -2.33. The summed E-state index contributed by atoms with van der Waals surface area (Å²) in [4.78, 5) is 47.8. The molecule has 0 aromatic heterocycles. The molecular weight excluding hydrogens is 292 g/mol. The van der Waals surface area contributed by atoms with Gasteiger partial charge in [-0.2, -0.15) is 0 Å². The maximum atomic E-state index is 11.3. The van der Waals surface area contributed by atoms with Crippen molar-refractivity contribution < 1.29 is 28.7 Å². The summed E-state index contributed by atoms with van der Waals surface area (Å²) < 4.78 is 10.6. The van der Waals surface area contributed by atoms with E-state index < -0.39 is 0 Å². The van der Waals surface area contributed by atoms with E-state index >= 15 is 0 Å². The van der Waals surface area contributed by atoms with E-state index in [0.29, 0.717) is 13.2 Å². The van der Waals surface area contributed by atoms with Crippen LogP contribution in [0.15, 0.2) is 0 Å². The Balaban J connectivity index is 1.46. The van der Waals surface area contributed by atoms with Crippen LogP contribution >= 0.6 is 0 Å². The lowest BCUT2D eigenvalue weighted by molar-refractivity contribution is -0.141. The molecule has 8 heteroatoms. The Morgan fingerprint density at radius 3 is 1.23 bits per heavy atom. The average molecular weight is 312 g/mol. The van der Waals surface area contributed by atoms with Gasteiger partial charge in [0.25, 0.3) is 0 Å². The van der Waals surface area contributed by atoms with Crippen molar-refractivity contribution in [1.29, 1.82) is 0 Å². The molecule has 2 aliphatic rings.